The summed E-state index contributed by atoms with van der Waals surface area (Å²) in [7, 11) is 0. The van der Waals surface area contributed by atoms with Gasteiger partial charge in [-0.1, -0.05) is 74.5 Å². The van der Waals surface area contributed by atoms with E-state index < -0.39 is 0 Å². The van der Waals surface area contributed by atoms with E-state index in [0.29, 0.717) is 5.92 Å². The summed E-state index contributed by atoms with van der Waals surface area (Å²) in [6.07, 6.45) is 6.52. The standard InChI is InChI=1S/C20H25N/c1-16(2)20-11-4-3-10-19(20)13-12-18-8-5-7-17(15-18)9-6-14-21/h3-5,7-8,10-13,15-16H,6,9,14,21H2,1-2H3/b13-12+. The summed E-state index contributed by atoms with van der Waals surface area (Å²) in [4.78, 5) is 0. The molecule has 2 N–H and O–H groups in total. The largest absolute Gasteiger partial charge is 0.330 e. The van der Waals surface area contributed by atoms with E-state index in [1.54, 1.807) is 0 Å². The molecule has 0 aliphatic rings. The maximum atomic E-state index is 5.58. The fourth-order valence-electron chi connectivity index (χ4n) is 2.53. The fourth-order valence-corrected chi connectivity index (χ4v) is 2.53. The van der Waals surface area contributed by atoms with Gasteiger partial charge < -0.3 is 5.73 Å². The van der Waals surface area contributed by atoms with Crippen LogP contribution in [0.25, 0.3) is 12.2 Å². The van der Waals surface area contributed by atoms with E-state index in [4.69, 9.17) is 5.73 Å². The third-order valence-electron chi connectivity index (χ3n) is 3.69. The van der Waals surface area contributed by atoms with E-state index in [9.17, 15) is 0 Å². The summed E-state index contributed by atoms with van der Waals surface area (Å²) in [6.45, 7) is 5.22. The predicted molar refractivity (Wildman–Crippen MR) is 93.3 cm³/mol. The van der Waals surface area contributed by atoms with Crippen LogP contribution in [0.1, 0.15) is 48.4 Å². The second-order valence-electron chi connectivity index (χ2n) is 5.75. The van der Waals surface area contributed by atoms with E-state index in [1.165, 1.54) is 22.3 Å². The third kappa shape index (κ3) is 4.57. The van der Waals surface area contributed by atoms with Gasteiger partial charge in [0, 0.05) is 0 Å². The summed E-state index contributed by atoms with van der Waals surface area (Å²) in [5.41, 5.74) is 10.9. The number of hydrogen-bond acceptors (Lipinski definition) is 1. The van der Waals surface area contributed by atoms with Gasteiger partial charge in [-0.25, -0.2) is 0 Å². The molecule has 0 heterocycles. The lowest BCUT2D eigenvalue weighted by Crippen LogP contribution is -2.00. The van der Waals surface area contributed by atoms with Gasteiger partial charge in [0.15, 0.2) is 0 Å². The van der Waals surface area contributed by atoms with E-state index in [-0.39, 0.29) is 0 Å². The highest BCUT2D eigenvalue weighted by Crippen LogP contribution is 2.21. The maximum Gasteiger partial charge on any atom is -0.00741 e. The van der Waals surface area contributed by atoms with Gasteiger partial charge in [0.05, 0.1) is 0 Å². The van der Waals surface area contributed by atoms with Crippen LogP contribution in [0.5, 0.6) is 0 Å². The first kappa shape index (κ1) is 15.5. The molecule has 0 amide bonds. The Labute approximate surface area is 128 Å². The fraction of sp³-hybridized carbons (Fsp3) is 0.300. The highest BCUT2D eigenvalue weighted by atomic mass is 14.5. The van der Waals surface area contributed by atoms with Gasteiger partial charge in [-0.3, -0.25) is 0 Å². The van der Waals surface area contributed by atoms with Crippen LogP contribution >= 0.6 is 0 Å². The van der Waals surface area contributed by atoms with Crippen molar-refractivity contribution >= 4 is 12.2 Å². The molecule has 21 heavy (non-hydrogen) atoms. The van der Waals surface area contributed by atoms with Gasteiger partial charge in [-0.15, -0.1) is 0 Å². The molecular weight excluding hydrogens is 254 g/mol. The van der Waals surface area contributed by atoms with Crippen LogP contribution in [-0.4, -0.2) is 6.54 Å². The minimum absolute atomic E-state index is 0.543. The molecule has 1 nitrogen and oxygen atoms in total. The molecule has 0 bridgehead atoms. The van der Waals surface area contributed by atoms with Gasteiger partial charge in [0.1, 0.15) is 0 Å². The summed E-state index contributed by atoms with van der Waals surface area (Å²) in [5, 5.41) is 0. The molecule has 0 aliphatic heterocycles. The average Bonchev–Trinajstić information content (AvgIpc) is 2.51. The highest BCUT2D eigenvalue weighted by Gasteiger charge is 2.02. The van der Waals surface area contributed by atoms with Crippen molar-refractivity contribution in [1.29, 1.82) is 0 Å². The number of benzene rings is 2. The molecule has 1 heteroatoms. The van der Waals surface area contributed by atoms with Crippen LogP contribution < -0.4 is 5.73 Å². The molecular formula is C20H25N. The lowest BCUT2D eigenvalue weighted by atomic mass is 9.96. The van der Waals surface area contributed by atoms with E-state index in [1.807, 2.05) is 0 Å². The minimum atomic E-state index is 0.543. The van der Waals surface area contributed by atoms with Gasteiger partial charge in [-0.2, -0.15) is 0 Å². The molecule has 0 radical (unpaired) electrons. The smallest absolute Gasteiger partial charge is 0.00741 e. The van der Waals surface area contributed by atoms with Gasteiger partial charge >= 0.3 is 0 Å². The Bertz CT molecular complexity index is 596. The molecule has 110 valence electrons. The van der Waals surface area contributed by atoms with E-state index in [0.717, 1.165) is 19.4 Å². The number of nitrogens with two attached hydrogens (primary N) is 1. The SMILES string of the molecule is CC(C)c1ccccc1/C=C/c1cccc(CCCN)c1. The second kappa shape index (κ2) is 7.80. The Kier molecular flexibility index (Phi) is 5.77. The Morgan fingerprint density at radius 3 is 2.57 bits per heavy atom. The Morgan fingerprint density at radius 2 is 1.81 bits per heavy atom. The van der Waals surface area contributed by atoms with Crippen LogP contribution in [-0.2, 0) is 6.42 Å². The molecule has 0 aliphatic carbocycles. The highest BCUT2D eigenvalue weighted by molar-refractivity contribution is 5.71. The van der Waals surface area contributed by atoms with Crippen molar-refractivity contribution < 1.29 is 0 Å². The zero-order chi connectivity index (χ0) is 15.1. The molecule has 0 unspecified atom stereocenters. The van der Waals surface area contributed by atoms with Crippen molar-refractivity contribution in [3.8, 4) is 0 Å². The normalized spacial score (nSPS) is 11.4. The average molecular weight is 279 g/mol. The molecule has 0 saturated carbocycles. The zero-order valence-corrected chi connectivity index (χ0v) is 13.0. The molecule has 2 aromatic rings. The van der Waals surface area contributed by atoms with Crippen molar-refractivity contribution in [2.24, 2.45) is 5.73 Å². The van der Waals surface area contributed by atoms with Crippen molar-refractivity contribution in [2.75, 3.05) is 6.54 Å². The van der Waals surface area contributed by atoms with E-state index in [2.05, 4.69) is 74.5 Å². The van der Waals surface area contributed by atoms with Gasteiger partial charge in [0.25, 0.3) is 0 Å². The first-order valence-corrected chi connectivity index (χ1v) is 7.76. The van der Waals surface area contributed by atoms with E-state index >= 15 is 0 Å². The molecule has 2 rings (SSSR count). The summed E-state index contributed by atoms with van der Waals surface area (Å²) >= 11 is 0. The van der Waals surface area contributed by atoms with Crippen molar-refractivity contribution in [3.63, 3.8) is 0 Å². The first-order chi connectivity index (χ1) is 10.2. The molecule has 0 spiro atoms. The summed E-state index contributed by atoms with van der Waals surface area (Å²) < 4.78 is 0. The number of hydrogen-bond donors (Lipinski definition) is 1. The quantitative estimate of drug-likeness (QED) is 0.750. The first-order valence-electron chi connectivity index (χ1n) is 7.76. The van der Waals surface area contributed by atoms with Crippen LogP contribution in [0.3, 0.4) is 0 Å². The predicted octanol–water partition coefficient (Wildman–Crippen LogP) is 4.87. The number of rotatable bonds is 6. The lowest BCUT2D eigenvalue weighted by Gasteiger charge is -2.09. The molecule has 0 atom stereocenters. The molecule has 0 aromatic heterocycles. The Hall–Kier alpha value is -1.86. The molecule has 0 saturated heterocycles. The van der Waals surface area contributed by atoms with Crippen molar-refractivity contribution in [1.82, 2.24) is 0 Å². The van der Waals surface area contributed by atoms with Crippen LogP contribution in [0.4, 0.5) is 0 Å². The number of aryl methyl sites for hydroxylation is 1. The Balaban J connectivity index is 2.18. The van der Waals surface area contributed by atoms with Gasteiger partial charge in [0.2, 0.25) is 0 Å². The lowest BCUT2D eigenvalue weighted by molar-refractivity contribution is 0.832. The van der Waals surface area contributed by atoms with Crippen molar-refractivity contribution in [2.45, 2.75) is 32.6 Å². The third-order valence-corrected chi connectivity index (χ3v) is 3.69. The van der Waals surface area contributed by atoms with Gasteiger partial charge in [-0.05, 0) is 47.6 Å². The summed E-state index contributed by atoms with van der Waals surface area (Å²) in [6, 6.07) is 17.3. The van der Waals surface area contributed by atoms with Crippen LogP contribution in [0.15, 0.2) is 48.5 Å². The minimum Gasteiger partial charge on any atom is -0.330 e. The second-order valence-corrected chi connectivity index (χ2v) is 5.75. The Morgan fingerprint density at radius 1 is 1.00 bits per heavy atom. The van der Waals surface area contributed by atoms with Crippen LogP contribution in [0.2, 0.25) is 0 Å². The molecule has 2 aromatic carbocycles. The van der Waals surface area contributed by atoms with Crippen LogP contribution in [0, 0.1) is 0 Å². The summed E-state index contributed by atoms with van der Waals surface area (Å²) in [5.74, 6) is 0.543. The van der Waals surface area contributed by atoms with Crippen molar-refractivity contribution in [3.05, 3.63) is 70.8 Å². The maximum absolute atomic E-state index is 5.58. The molecule has 0 fully saturated rings. The topological polar surface area (TPSA) is 26.0 Å². The zero-order valence-electron chi connectivity index (χ0n) is 13.0. The monoisotopic (exact) mass is 279 g/mol.